The van der Waals surface area contributed by atoms with Crippen molar-refractivity contribution in [2.75, 3.05) is 13.7 Å². The van der Waals surface area contributed by atoms with Gasteiger partial charge in [0.1, 0.15) is 18.1 Å². The van der Waals surface area contributed by atoms with Gasteiger partial charge in [-0.25, -0.2) is 0 Å². The molecule has 7 heteroatoms. The largest absolute Gasteiger partial charge is 0.496 e. The molecule has 1 heterocycles. The Kier molecular flexibility index (Phi) is 5.27. The van der Waals surface area contributed by atoms with Crippen LogP contribution >= 0.6 is 34.8 Å². The summed E-state index contributed by atoms with van der Waals surface area (Å²) < 4.78 is 8.94. The molecule has 0 spiro atoms. The lowest BCUT2D eigenvalue weighted by Gasteiger charge is -2.24. The van der Waals surface area contributed by atoms with Crippen LogP contribution in [-0.4, -0.2) is 23.4 Å². The van der Waals surface area contributed by atoms with Crippen LogP contribution < -0.4 is 14.8 Å². The van der Waals surface area contributed by atoms with Crippen molar-refractivity contribution in [1.82, 2.24) is 5.32 Å². The number of alkyl halides is 3. The second-order valence-electron chi connectivity index (χ2n) is 4.50. The van der Waals surface area contributed by atoms with E-state index in [1.165, 1.54) is 6.08 Å². The van der Waals surface area contributed by atoms with Gasteiger partial charge < -0.3 is 14.8 Å². The molecule has 1 atom stereocenters. The number of carbonyl (C=O) groups excluding carboxylic acids is 1. The van der Waals surface area contributed by atoms with Gasteiger partial charge >= 0.3 is 0 Å². The summed E-state index contributed by atoms with van der Waals surface area (Å²) in [5.41, 5.74) is 1.50. The summed E-state index contributed by atoms with van der Waals surface area (Å²) in [7, 11) is 1.58. The molecule has 2 rings (SSSR count). The highest BCUT2D eigenvalue weighted by Gasteiger charge is 2.33. The molecule has 118 valence electrons. The van der Waals surface area contributed by atoms with E-state index in [0.29, 0.717) is 23.7 Å². The quantitative estimate of drug-likeness (QED) is 0.654. The fourth-order valence-electron chi connectivity index (χ4n) is 2.12. The molecule has 0 radical (unpaired) electrons. The lowest BCUT2D eigenvalue weighted by molar-refractivity contribution is -0.120. The molecule has 0 saturated heterocycles. The Morgan fingerprint density at radius 3 is 2.82 bits per heavy atom. The van der Waals surface area contributed by atoms with Gasteiger partial charge in [-0.3, -0.25) is 4.79 Å². The highest BCUT2D eigenvalue weighted by molar-refractivity contribution is 6.76. The second-order valence-corrected chi connectivity index (χ2v) is 6.78. The maximum Gasteiger partial charge on any atom is 0.272 e. The van der Waals surface area contributed by atoms with Crippen LogP contribution in [0.1, 0.15) is 17.2 Å². The van der Waals surface area contributed by atoms with Crippen molar-refractivity contribution in [3.8, 4) is 11.5 Å². The van der Waals surface area contributed by atoms with Gasteiger partial charge in [0.25, 0.3) is 9.70 Å². The zero-order valence-corrected chi connectivity index (χ0v) is 14.0. The summed E-state index contributed by atoms with van der Waals surface area (Å²) in [4.78, 5) is 11.9. The fourth-order valence-corrected chi connectivity index (χ4v) is 2.29. The van der Waals surface area contributed by atoms with Gasteiger partial charge in [-0.1, -0.05) is 40.9 Å². The van der Waals surface area contributed by atoms with Crippen LogP contribution in [0.2, 0.25) is 0 Å². The third kappa shape index (κ3) is 3.51. The molecule has 1 unspecified atom stereocenters. The third-order valence-electron chi connectivity index (χ3n) is 3.13. The van der Waals surface area contributed by atoms with Crippen molar-refractivity contribution < 1.29 is 14.3 Å². The van der Waals surface area contributed by atoms with Crippen LogP contribution in [0.15, 0.2) is 30.9 Å². The molecule has 1 aliphatic heterocycles. The Morgan fingerprint density at radius 2 is 2.23 bits per heavy atom. The Bertz CT molecular complexity index is 623. The second kappa shape index (κ2) is 6.82. The Hall–Kier alpha value is -1.36. The number of amides is 1. The zero-order chi connectivity index (χ0) is 16.3. The fraction of sp³-hybridized carbons (Fsp3) is 0.267. The summed E-state index contributed by atoms with van der Waals surface area (Å²) in [6.07, 6.45) is 5.31. The smallest absolute Gasteiger partial charge is 0.272 e. The van der Waals surface area contributed by atoms with Gasteiger partial charge in [-0.15, -0.1) is 6.58 Å². The maximum atomic E-state index is 11.9. The average Bonchev–Trinajstić information content (AvgIpc) is 2.50. The van der Waals surface area contributed by atoms with Crippen LogP contribution in [0.5, 0.6) is 11.5 Å². The van der Waals surface area contributed by atoms with Crippen LogP contribution in [0, 0.1) is 0 Å². The number of ether oxygens (including phenoxy) is 2. The topological polar surface area (TPSA) is 47.6 Å². The van der Waals surface area contributed by atoms with Crippen molar-refractivity contribution in [3.05, 3.63) is 42.0 Å². The van der Waals surface area contributed by atoms with Gasteiger partial charge in [0.15, 0.2) is 0 Å². The maximum absolute atomic E-state index is 11.9. The molecule has 4 nitrogen and oxygen atoms in total. The number of carbonyl (C=O) groups is 1. The van der Waals surface area contributed by atoms with Gasteiger partial charge in [0.05, 0.1) is 18.7 Å². The van der Waals surface area contributed by atoms with Crippen molar-refractivity contribution in [2.24, 2.45) is 0 Å². The van der Waals surface area contributed by atoms with Gasteiger partial charge in [0, 0.05) is 5.56 Å². The molecule has 22 heavy (non-hydrogen) atoms. The standard InChI is InChI=1S/C15H14Cl3NO3/c1-3-11(19-14(20)15(16,17)18)9-6-7-12(21-2)10-5-4-8-22-13(9)10/h3-7,11H,1,8H2,2H3,(H,19,20). The van der Waals surface area contributed by atoms with E-state index in [4.69, 9.17) is 44.3 Å². The SMILES string of the molecule is C=CC(NC(=O)C(Cl)(Cl)Cl)c1ccc(OC)c2c1OCC=C2. The number of rotatable bonds is 4. The van der Waals surface area contributed by atoms with Crippen molar-refractivity contribution in [3.63, 3.8) is 0 Å². The number of fused-ring (bicyclic) bond motifs is 1. The number of halogens is 3. The normalized spacial score (nSPS) is 14.5. The highest BCUT2D eigenvalue weighted by Crippen LogP contribution is 2.39. The number of nitrogens with one attached hydrogen (secondary N) is 1. The summed E-state index contributed by atoms with van der Waals surface area (Å²) in [5, 5.41) is 2.61. The molecule has 0 aromatic heterocycles. The minimum atomic E-state index is -2.05. The van der Waals surface area contributed by atoms with E-state index in [9.17, 15) is 4.79 Å². The van der Waals surface area contributed by atoms with E-state index >= 15 is 0 Å². The van der Waals surface area contributed by atoms with Crippen LogP contribution in [0.25, 0.3) is 6.08 Å². The summed E-state index contributed by atoms with van der Waals surface area (Å²) in [5.74, 6) is 0.542. The molecule has 0 bridgehead atoms. The van der Waals surface area contributed by atoms with E-state index in [1.54, 1.807) is 19.2 Å². The van der Waals surface area contributed by atoms with Gasteiger partial charge in [-0.05, 0) is 24.3 Å². The Morgan fingerprint density at radius 1 is 1.50 bits per heavy atom. The van der Waals surface area contributed by atoms with Gasteiger partial charge in [0.2, 0.25) is 0 Å². The van der Waals surface area contributed by atoms with Crippen molar-refractivity contribution >= 4 is 46.8 Å². The summed E-state index contributed by atoms with van der Waals surface area (Å²) >= 11 is 16.8. The van der Waals surface area contributed by atoms with E-state index in [1.807, 2.05) is 12.2 Å². The number of hydrogen-bond acceptors (Lipinski definition) is 3. The minimum Gasteiger partial charge on any atom is -0.496 e. The molecule has 1 aliphatic rings. The number of hydrogen-bond donors (Lipinski definition) is 1. The number of benzene rings is 1. The first-order valence-corrected chi connectivity index (χ1v) is 7.52. The molecule has 1 amide bonds. The van der Waals surface area contributed by atoms with Crippen molar-refractivity contribution in [1.29, 1.82) is 0 Å². The first-order chi connectivity index (χ1) is 10.4. The van der Waals surface area contributed by atoms with Crippen LogP contribution in [0.4, 0.5) is 0 Å². The molecule has 0 fully saturated rings. The zero-order valence-electron chi connectivity index (χ0n) is 11.7. The van der Waals surface area contributed by atoms with E-state index in [-0.39, 0.29) is 0 Å². The summed E-state index contributed by atoms with van der Waals surface area (Å²) in [6, 6.07) is 3.00. The summed E-state index contributed by atoms with van der Waals surface area (Å²) in [6.45, 7) is 4.14. The lowest BCUT2D eigenvalue weighted by Crippen LogP contribution is -2.36. The molecular formula is C15H14Cl3NO3. The monoisotopic (exact) mass is 361 g/mol. The van der Waals surface area contributed by atoms with E-state index < -0.39 is 15.7 Å². The van der Waals surface area contributed by atoms with Gasteiger partial charge in [-0.2, -0.15) is 0 Å². The lowest BCUT2D eigenvalue weighted by atomic mass is 9.99. The molecule has 1 N–H and O–H groups in total. The molecule has 0 aliphatic carbocycles. The van der Waals surface area contributed by atoms with E-state index in [2.05, 4.69) is 11.9 Å². The van der Waals surface area contributed by atoms with E-state index in [0.717, 1.165) is 5.56 Å². The van der Waals surface area contributed by atoms with Crippen molar-refractivity contribution in [2.45, 2.75) is 9.83 Å². The Labute approximate surface area is 143 Å². The molecule has 0 saturated carbocycles. The first kappa shape index (κ1) is 17.0. The molecule has 1 aromatic carbocycles. The van der Waals surface area contributed by atoms with Crippen LogP contribution in [0.3, 0.4) is 0 Å². The Balaban J connectivity index is 2.40. The molecular weight excluding hydrogens is 349 g/mol. The molecule has 1 aromatic rings. The average molecular weight is 363 g/mol. The predicted octanol–water partition coefficient (Wildman–Crippen LogP) is 3.81. The van der Waals surface area contributed by atoms with Crippen LogP contribution in [-0.2, 0) is 4.79 Å². The predicted molar refractivity (Wildman–Crippen MR) is 88.9 cm³/mol. The third-order valence-corrected chi connectivity index (χ3v) is 3.64. The minimum absolute atomic E-state index is 0.426. The number of methoxy groups -OCH3 is 1. The highest BCUT2D eigenvalue weighted by atomic mass is 35.6. The first-order valence-electron chi connectivity index (χ1n) is 6.39.